The number of carbonyl (C=O) groups is 2. The van der Waals surface area contributed by atoms with Gasteiger partial charge < -0.3 is 5.32 Å². The molecule has 0 bridgehead atoms. The third-order valence-corrected chi connectivity index (χ3v) is 4.93. The van der Waals surface area contributed by atoms with Crippen molar-refractivity contribution >= 4 is 21.8 Å². The van der Waals surface area contributed by atoms with E-state index in [1.165, 1.54) is 11.9 Å². The van der Waals surface area contributed by atoms with Gasteiger partial charge in [0.15, 0.2) is 0 Å². The van der Waals surface area contributed by atoms with Gasteiger partial charge in [0.1, 0.15) is 0 Å². The van der Waals surface area contributed by atoms with Gasteiger partial charge in [0, 0.05) is 12.6 Å². The van der Waals surface area contributed by atoms with Gasteiger partial charge in [-0.3, -0.25) is 14.5 Å². The maximum Gasteiger partial charge on any atom is 0.247 e. The molecule has 0 aromatic rings. The normalized spacial score (nSPS) is 20.2. The first-order valence-electron chi connectivity index (χ1n) is 6.86. The Morgan fingerprint density at radius 1 is 1.30 bits per heavy atom. The molecule has 0 aliphatic carbocycles. The van der Waals surface area contributed by atoms with Gasteiger partial charge >= 0.3 is 0 Å². The number of carbonyl (C=O) groups excluding carboxylic acids is 2. The Morgan fingerprint density at radius 3 is 2.40 bits per heavy atom. The van der Waals surface area contributed by atoms with E-state index in [4.69, 9.17) is 0 Å². The van der Waals surface area contributed by atoms with E-state index in [0.717, 1.165) is 12.8 Å². The Labute approximate surface area is 120 Å². The van der Waals surface area contributed by atoms with Crippen LogP contribution >= 0.6 is 0 Å². The van der Waals surface area contributed by atoms with Crippen molar-refractivity contribution in [3.05, 3.63) is 0 Å². The summed E-state index contributed by atoms with van der Waals surface area (Å²) in [6.07, 6.45) is 1.57. The first-order valence-corrected chi connectivity index (χ1v) is 8.52. The van der Waals surface area contributed by atoms with E-state index in [-0.39, 0.29) is 36.6 Å². The van der Waals surface area contributed by atoms with Gasteiger partial charge in [-0.2, -0.15) is 0 Å². The average molecular weight is 305 g/mol. The van der Waals surface area contributed by atoms with Crippen molar-refractivity contribution in [3.8, 4) is 0 Å². The lowest BCUT2D eigenvalue weighted by molar-refractivity contribution is -0.141. The fourth-order valence-corrected chi connectivity index (χ4v) is 2.91. The molecule has 1 rings (SSSR count). The molecule has 7 nitrogen and oxygen atoms in total. The number of hydrogen-bond donors (Lipinski definition) is 2. The van der Waals surface area contributed by atoms with Crippen LogP contribution in [0.2, 0.25) is 0 Å². The highest BCUT2D eigenvalue weighted by Crippen LogP contribution is 2.19. The molecule has 1 unspecified atom stereocenters. The van der Waals surface area contributed by atoms with E-state index in [0.29, 0.717) is 0 Å². The van der Waals surface area contributed by atoms with E-state index >= 15 is 0 Å². The fourth-order valence-electron chi connectivity index (χ4n) is 2.32. The smallest absolute Gasteiger partial charge is 0.247 e. The van der Waals surface area contributed by atoms with E-state index in [1.807, 2.05) is 13.8 Å². The second-order valence-corrected chi connectivity index (χ2v) is 6.85. The largest absolute Gasteiger partial charge is 0.304 e. The molecule has 1 saturated heterocycles. The van der Waals surface area contributed by atoms with Crippen LogP contribution < -0.4 is 10.0 Å². The Kier molecular flexibility index (Phi) is 6.09. The van der Waals surface area contributed by atoms with Crippen LogP contribution in [0.25, 0.3) is 0 Å². The van der Waals surface area contributed by atoms with Crippen molar-refractivity contribution in [2.24, 2.45) is 0 Å². The molecule has 1 aliphatic heterocycles. The summed E-state index contributed by atoms with van der Waals surface area (Å²) in [7, 11) is -1.96. The van der Waals surface area contributed by atoms with E-state index < -0.39 is 16.1 Å². The highest BCUT2D eigenvalue weighted by molar-refractivity contribution is 7.89. The lowest BCUT2D eigenvalue weighted by Crippen LogP contribution is -2.44. The molecule has 0 spiro atoms. The summed E-state index contributed by atoms with van der Waals surface area (Å²) >= 11 is 0. The van der Waals surface area contributed by atoms with Gasteiger partial charge in [-0.1, -0.05) is 13.8 Å². The Hall–Kier alpha value is -0.990. The van der Waals surface area contributed by atoms with Gasteiger partial charge in [0.2, 0.25) is 21.8 Å². The summed E-state index contributed by atoms with van der Waals surface area (Å²) in [5.74, 6) is -0.546. The summed E-state index contributed by atoms with van der Waals surface area (Å²) in [6, 6.07) is -0.669. The Morgan fingerprint density at radius 2 is 1.90 bits per heavy atom. The maximum absolute atomic E-state index is 12.2. The molecule has 1 aliphatic rings. The molecule has 1 heterocycles. The molecule has 1 atom stereocenters. The highest BCUT2D eigenvalue weighted by atomic mass is 32.2. The van der Waals surface area contributed by atoms with Crippen molar-refractivity contribution in [1.82, 2.24) is 14.9 Å². The van der Waals surface area contributed by atoms with E-state index in [2.05, 4.69) is 10.0 Å². The molecule has 2 N–H and O–H groups in total. The van der Waals surface area contributed by atoms with Crippen LogP contribution in [-0.4, -0.2) is 56.6 Å². The minimum absolute atomic E-state index is 0.0668. The molecule has 116 valence electrons. The molecule has 0 aromatic heterocycles. The first-order chi connectivity index (χ1) is 9.36. The zero-order valence-electron chi connectivity index (χ0n) is 12.2. The maximum atomic E-state index is 12.2. The molecule has 0 saturated carbocycles. The first kappa shape index (κ1) is 17.1. The summed E-state index contributed by atoms with van der Waals surface area (Å²) < 4.78 is 24.7. The molecular weight excluding hydrogens is 282 g/mol. The topological polar surface area (TPSA) is 95.6 Å². The van der Waals surface area contributed by atoms with Gasteiger partial charge in [0.25, 0.3) is 0 Å². The molecule has 0 radical (unpaired) electrons. The van der Waals surface area contributed by atoms with Crippen molar-refractivity contribution in [2.75, 3.05) is 19.3 Å². The number of nitrogens with one attached hydrogen (secondary N) is 2. The SMILES string of the molecule is CCC(CC)N1C(=O)CC(NCCS(=O)(=O)NC)C1=O. The molecular formula is C12H23N3O4S. The number of amides is 2. The third kappa shape index (κ3) is 4.00. The lowest BCUT2D eigenvalue weighted by atomic mass is 10.1. The minimum Gasteiger partial charge on any atom is -0.304 e. The standard InChI is InChI=1S/C12H23N3O4S/c1-4-9(5-2)15-11(16)8-10(12(15)17)14-6-7-20(18,19)13-3/h9-10,13-14H,4-8H2,1-3H3. The zero-order chi connectivity index (χ0) is 15.3. The van der Waals surface area contributed by atoms with E-state index in [1.54, 1.807) is 0 Å². The monoisotopic (exact) mass is 305 g/mol. The number of likely N-dealkylation sites (tertiary alicyclic amines) is 1. The second-order valence-electron chi connectivity index (χ2n) is 4.81. The van der Waals surface area contributed by atoms with Crippen molar-refractivity contribution in [1.29, 1.82) is 0 Å². The molecule has 1 fully saturated rings. The van der Waals surface area contributed by atoms with Crippen LogP contribution in [0.5, 0.6) is 0 Å². The number of sulfonamides is 1. The minimum atomic E-state index is -3.30. The number of rotatable bonds is 8. The number of nitrogens with zero attached hydrogens (tertiary/aromatic N) is 1. The summed E-state index contributed by atoms with van der Waals surface area (Å²) in [5, 5.41) is 2.85. The Bertz CT molecular complexity index is 459. The van der Waals surface area contributed by atoms with Gasteiger partial charge in [-0.25, -0.2) is 13.1 Å². The predicted octanol–water partition coefficient (Wildman–Crippen LogP) is -0.559. The van der Waals surface area contributed by atoms with Crippen LogP contribution in [0.4, 0.5) is 0 Å². The Balaban J connectivity index is 2.58. The van der Waals surface area contributed by atoms with Crippen LogP contribution in [0.1, 0.15) is 33.1 Å². The lowest BCUT2D eigenvalue weighted by Gasteiger charge is -2.24. The van der Waals surface area contributed by atoms with Crippen LogP contribution in [0.15, 0.2) is 0 Å². The summed E-state index contributed by atoms with van der Waals surface area (Å²) in [4.78, 5) is 25.4. The van der Waals surface area contributed by atoms with Crippen LogP contribution in [-0.2, 0) is 19.6 Å². The van der Waals surface area contributed by atoms with Gasteiger partial charge in [-0.15, -0.1) is 0 Å². The van der Waals surface area contributed by atoms with Crippen LogP contribution in [0, 0.1) is 0 Å². The molecule has 20 heavy (non-hydrogen) atoms. The van der Waals surface area contributed by atoms with Crippen LogP contribution in [0.3, 0.4) is 0 Å². The molecule has 0 aromatic carbocycles. The summed E-state index contributed by atoms with van der Waals surface area (Å²) in [5.41, 5.74) is 0. The van der Waals surface area contributed by atoms with Crippen molar-refractivity contribution in [2.45, 2.75) is 45.2 Å². The molecule has 2 amide bonds. The average Bonchev–Trinajstić information content (AvgIpc) is 2.68. The zero-order valence-corrected chi connectivity index (χ0v) is 13.0. The van der Waals surface area contributed by atoms with Crippen molar-refractivity contribution < 1.29 is 18.0 Å². The fraction of sp³-hybridized carbons (Fsp3) is 0.833. The van der Waals surface area contributed by atoms with Gasteiger partial charge in [0.05, 0.1) is 18.2 Å². The quantitative estimate of drug-likeness (QED) is 0.586. The third-order valence-electron chi connectivity index (χ3n) is 3.56. The summed E-state index contributed by atoms with van der Waals surface area (Å²) in [6.45, 7) is 4.02. The predicted molar refractivity (Wildman–Crippen MR) is 75.5 cm³/mol. The number of hydrogen-bond acceptors (Lipinski definition) is 5. The van der Waals surface area contributed by atoms with E-state index in [9.17, 15) is 18.0 Å². The van der Waals surface area contributed by atoms with Gasteiger partial charge in [-0.05, 0) is 19.9 Å². The second kappa shape index (κ2) is 7.14. The number of imide groups is 1. The van der Waals surface area contributed by atoms with Crippen molar-refractivity contribution in [3.63, 3.8) is 0 Å². The molecule has 8 heteroatoms. The highest BCUT2D eigenvalue weighted by Gasteiger charge is 2.40.